The van der Waals surface area contributed by atoms with Gasteiger partial charge in [-0.15, -0.1) is 12.4 Å². The van der Waals surface area contributed by atoms with Crippen LogP contribution in [0.4, 0.5) is 20.6 Å². The largest absolute Gasteiger partial charge is 0.511 e. The van der Waals surface area contributed by atoms with E-state index < -0.39 is 28.8 Å². The molecule has 180 valence electrons. The normalized spacial score (nSPS) is 24.0. The molecule has 1 aromatic heterocycles. The maximum atomic E-state index is 15.7. The maximum absolute atomic E-state index is 15.7. The molecule has 1 aliphatic carbocycles. The number of hydrogen-bond donors (Lipinski definition) is 3. The molecule has 5 N–H and O–H groups in total. The van der Waals surface area contributed by atoms with Crippen LogP contribution in [0.5, 0.6) is 11.5 Å². The summed E-state index contributed by atoms with van der Waals surface area (Å²) in [6.07, 6.45) is 2.15. The fourth-order valence-corrected chi connectivity index (χ4v) is 5.15. The number of rotatable bonds is 5. The third kappa shape index (κ3) is 3.46. The number of nitrogens with zero attached hydrogens (tertiary/aromatic N) is 2. The Morgan fingerprint density at radius 1 is 1.39 bits per heavy atom. The number of fused-ring (bicyclic) bond motifs is 2. The van der Waals surface area contributed by atoms with Crippen LogP contribution in [-0.2, 0) is 4.74 Å². The summed E-state index contributed by atoms with van der Waals surface area (Å²) >= 11 is 0. The molecule has 33 heavy (non-hydrogen) atoms. The summed E-state index contributed by atoms with van der Waals surface area (Å²) in [5.41, 5.74) is 10.9. The lowest BCUT2D eigenvalue weighted by Crippen LogP contribution is -2.44. The van der Waals surface area contributed by atoms with Crippen molar-refractivity contribution in [3.8, 4) is 11.5 Å². The lowest BCUT2D eigenvalue weighted by Gasteiger charge is -2.29. The van der Waals surface area contributed by atoms with E-state index in [9.17, 15) is 9.59 Å². The van der Waals surface area contributed by atoms with Crippen LogP contribution in [-0.4, -0.2) is 54.8 Å². The molecular formula is C21H26ClFN4O6. The number of nitrogens with two attached hydrogens (primary N) is 2. The van der Waals surface area contributed by atoms with Crippen LogP contribution in [0.15, 0.2) is 11.0 Å². The van der Waals surface area contributed by atoms with E-state index in [-0.39, 0.29) is 46.9 Å². The molecule has 3 fully saturated rings. The van der Waals surface area contributed by atoms with Gasteiger partial charge < -0.3 is 40.3 Å². The summed E-state index contributed by atoms with van der Waals surface area (Å²) in [6.45, 7) is 1.82. The van der Waals surface area contributed by atoms with Gasteiger partial charge in [0.25, 0.3) is 0 Å². The van der Waals surface area contributed by atoms with Crippen molar-refractivity contribution in [2.24, 2.45) is 11.7 Å². The predicted molar refractivity (Wildman–Crippen MR) is 121 cm³/mol. The van der Waals surface area contributed by atoms with Crippen LogP contribution in [0.3, 0.4) is 0 Å². The molecule has 12 heteroatoms. The van der Waals surface area contributed by atoms with Gasteiger partial charge >= 0.3 is 6.16 Å². The van der Waals surface area contributed by atoms with Crippen molar-refractivity contribution in [3.63, 3.8) is 0 Å². The van der Waals surface area contributed by atoms with Crippen LogP contribution in [0.25, 0.3) is 10.9 Å². The highest BCUT2D eigenvalue weighted by Gasteiger charge is 2.51. The standard InChI is InChI=1S/C21H25FN4O6.ClH/c1-30-19-16-13(18(27)12(32-20(28)29)7-26(16)11-2-3-11)15(24)14(22)17(19)25-6-10-4-5-31-21(10,8-23)9-25;/h7,10-11H,2-6,8-9,23-24H2,1H3,(H,28,29);1H. The second-order valence-electron chi connectivity index (χ2n) is 8.65. The molecular weight excluding hydrogens is 459 g/mol. The number of pyridine rings is 1. The van der Waals surface area contributed by atoms with Crippen molar-refractivity contribution in [2.75, 3.05) is 44.0 Å². The summed E-state index contributed by atoms with van der Waals surface area (Å²) in [4.78, 5) is 25.9. The molecule has 2 aromatic rings. The Hall–Kier alpha value is -2.76. The Kier molecular flexibility index (Phi) is 5.83. The topological polar surface area (TPSA) is 142 Å². The van der Waals surface area contributed by atoms with Crippen LogP contribution < -0.4 is 31.3 Å². The van der Waals surface area contributed by atoms with Crippen LogP contribution in [0, 0.1) is 11.7 Å². The first-order valence-corrected chi connectivity index (χ1v) is 10.5. The Bertz CT molecular complexity index is 1190. The monoisotopic (exact) mass is 484 g/mol. The number of carbonyl (C=O) groups is 1. The summed E-state index contributed by atoms with van der Waals surface area (Å²) in [7, 11) is 1.41. The van der Waals surface area contributed by atoms with Gasteiger partial charge in [0.15, 0.2) is 17.3 Å². The molecule has 1 saturated carbocycles. The van der Waals surface area contributed by atoms with E-state index in [1.807, 2.05) is 4.90 Å². The molecule has 3 heterocycles. The third-order valence-electron chi connectivity index (χ3n) is 6.85. The Balaban J connectivity index is 0.00000259. The molecule has 0 spiro atoms. The minimum absolute atomic E-state index is 0. The first kappa shape index (κ1) is 23.4. The fraction of sp³-hybridized carbons (Fsp3) is 0.524. The Morgan fingerprint density at radius 2 is 2.12 bits per heavy atom. The molecule has 1 aromatic carbocycles. The highest BCUT2D eigenvalue weighted by Crippen LogP contribution is 2.49. The zero-order chi connectivity index (χ0) is 22.8. The molecule has 2 aliphatic heterocycles. The molecule has 0 amide bonds. The number of aromatic nitrogens is 1. The van der Waals surface area contributed by atoms with E-state index >= 15 is 4.39 Å². The molecule has 0 bridgehead atoms. The third-order valence-corrected chi connectivity index (χ3v) is 6.85. The van der Waals surface area contributed by atoms with Gasteiger partial charge in [-0.2, -0.15) is 0 Å². The smallest absolute Gasteiger partial charge is 0.492 e. The Labute approximate surface area is 194 Å². The average molecular weight is 485 g/mol. The van der Waals surface area contributed by atoms with Gasteiger partial charge in [0.1, 0.15) is 11.3 Å². The zero-order valence-electron chi connectivity index (χ0n) is 18.0. The van der Waals surface area contributed by atoms with E-state index in [2.05, 4.69) is 4.74 Å². The number of anilines is 2. The number of hydrogen-bond acceptors (Lipinski definition) is 8. The van der Waals surface area contributed by atoms with Crippen molar-refractivity contribution in [1.29, 1.82) is 0 Å². The summed E-state index contributed by atoms with van der Waals surface area (Å²) in [5, 5.41) is 8.86. The molecule has 2 saturated heterocycles. The van der Waals surface area contributed by atoms with E-state index in [4.69, 9.17) is 26.0 Å². The summed E-state index contributed by atoms with van der Waals surface area (Å²) in [6, 6.07) is -0.00229. The second-order valence-corrected chi connectivity index (χ2v) is 8.65. The highest BCUT2D eigenvalue weighted by molar-refractivity contribution is 6.01. The van der Waals surface area contributed by atoms with Gasteiger partial charge in [0.05, 0.1) is 29.9 Å². The lowest BCUT2D eigenvalue weighted by molar-refractivity contribution is 0.0126. The van der Waals surface area contributed by atoms with Gasteiger partial charge in [0.2, 0.25) is 5.43 Å². The first-order valence-electron chi connectivity index (χ1n) is 10.5. The van der Waals surface area contributed by atoms with Gasteiger partial charge in [-0.05, 0) is 19.3 Å². The van der Waals surface area contributed by atoms with E-state index in [0.29, 0.717) is 31.8 Å². The van der Waals surface area contributed by atoms with Crippen molar-refractivity contribution < 1.29 is 28.5 Å². The quantitative estimate of drug-likeness (QED) is 0.429. The average Bonchev–Trinajstić information content (AvgIpc) is 3.43. The van der Waals surface area contributed by atoms with E-state index in [1.165, 1.54) is 13.3 Å². The SMILES string of the molecule is COc1c(N2CC3CCOC3(CN)C2)c(F)c(N)c2c(=O)c(OC(=O)O)cn(C3CC3)c12.Cl. The van der Waals surface area contributed by atoms with Crippen molar-refractivity contribution in [3.05, 3.63) is 22.2 Å². The molecule has 2 atom stereocenters. The van der Waals surface area contributed by atoms with Crippen LogP contribution in [0.1, 0.15) is 25.3 Å². The number of halogens is 2. The lowest BCUT2D eigenvalue weighted by atomic mass is 9.91. The molecule has 3 aliphatic rings. The van der Waals surface area contributed by atoms with Crippen molar-refractivity contribution in [2.45, 2.75) is 30.9 Å². The van der Waals surface area contributed by atoms with Crippen molar-refractivity contribution in [1.82, 2.24) is 4.57 Å². The van der Waals surface area contributed by atoms with E-state index in [1.54, 1.807) is 4.57 Å². The minimum Gasteiger partial charge on any atom is -0.492 e. The summed E-state index contributed by atoms with van der Waals surface area (Å²) in [5.74, 6) is -0.910. The van der Waals surface area contributed by atoms with Gasteiger partial charge in [-0.1, -0.05) is 0 Å². The Morgan fingerprint density at radius 3 is 2.70 bits per heavy atom. The number of carboxylic acid groups (broad SMARTS) is 1. The predicted octanol–water partition coefficient (Wildman–Crippen LogP) is 2.10. The molecule has 0 radical (unpaired) electrons. The second kappa shape index (κ2) is 8.23. The fourth-order valence-electron chi connectivity index (χ4n) is 5.15. The highest BCUT2D eigenvalue weighted by atomic mass is 35.5. The molecule has 5 rings (SSSR count). The van der Waals surface area contributed by atoms with E-state index in [0.717, 1.165) is 19.3 Å². The van der Waals surface area contributed by atoms with Gasteiger partial charge in [0, 0.05) is 38.2 Å². The van der Waals surface area contributed by atoms with Crippen LogP contribution >= 0.6 is 12.4 Å². The van der Waals surface area contributed by atoms with Gasteiger partial charge in [-0.25, -0.2) is 9.18 Å². The van der Waals surface area contributed by atoms with Gasteiger partial charge in [-0.3, -0.25) is 4.79 Å². The number of ether oxygens (including phenoxy) is 3. The molecule has 10 nitrogen and oxygen atoms in total. The number of benzene rings is 1. The maximum Gasteiger partial charge on any atom is 0.511 e. The van der Waals surface area contributed by atoms with Crippen LogP contribution in [0.2, 0.25) is 0 Å². The minimum atomic E-state index is -1.64. The number of methoxy groups -OCH3 is 1. The van der Waals surface area contributed by atoms with Crippen molar-refractivity contribution >= 4 is 40.8 Å². The molecule has 2 unspecified atom stereocenters. The summed E-state index contributed by atoms with van der Waals surface area (Å²) < 4.78 is 33.7. The first-order chi connectivity index (χ1) is 15.3. The number of nitrogen functional groups attached to an aromatic ring is 1. The zero-order valence-corrected chi connectivity index (χ0v) is 18.8.